The van der Waals surface area contributed by atoms with E-state index in [-0.39, 0.29) is 17.9 Å². The van der Waals surface area contributed by atoms with Crippen molar-refractivity contribution in [3.05, 3.63) is 23.8 Å². The Bertz CT molecular complexity index is 744. The van der Waals surface area contributed by atoms with Gasteiger partial charge in [-0.2, -0.15) is 0 Å². The zero-order valence-electron chi connectivity index (χ0n) is 17.0. The number of hydrogen-bond donors (Lipinski definition) is 1. The van der Waals surface area contributed by atoms with Gasteiger partial charge in [-0.05, 0) is 44.5 Å². The summed E-state index contributed by atoms with van der Waals surface area (Å²) in [5.41, 5.74) is 2.53. The van der Waals surface area contributed by atoms with Crippen LogP contribution in [0.2, 0.25) is 0 Å². The molecule has 2 saturated heterocycles. The van der Waals surface area contributed by atoms with E-state index < -0.39 is 0 Å². The van der Waals surface area contributed by atoms with E-state index in [0.29, 0.717) is 12.1 Å². The lowest BCUT2D eigenvalue weighted by molar-refractivity contribution is -0.120. The monoisotopic (exact) mass is 385 g/mol. The largest absolute Gasteiger partial charge is 0.358 e. The molecule has 1 N–H and O–H groups in total. The molecule has 3 aliphatic heterocycles. The average Bonchev–Trinajstić information content (AvgIpc) is 2.73. The minimum atomic E-state index is -0.0708. The maximum absolute atomic E-state index is 12.7. The van der Waals surface area contributed by atoms with Crippen molar-refractivity contribution in [3.63, 3.8) is 0 Å². The molecule has 1 unspecified atom stereocenters. The molecule has 4 rings (SSSR count). The second-order valence-electron chi connectivity index (χ2n) is 8.21. The number of nitrogens with one attached hydrogen (secondary N) is 1. The van der Waals surface area contributed by atoms with Gasteiger partial charge in [0.05, 0.1) is 11.4 Å². The van der Waals surface area contributed by atoms with Crippen molar-refractivity contribution >= 4 is 23.2 Å². The highest BCUT2D eigenvalue weighted by molar-refractivity contribution is 6.07. The van der Waals surface area contributed by atoms with Crippen molar-refractivity contribution in [3.8, 4) is 0 Å². The minimum Gasteiger partial charge on any atom is -0.358 e. The van der Waals surface area contributed by atoms with Crippen molar-refractivity contribution in [1.29, 1.82) is 0 Å². The van der Waals surface area contributed by atoms with E-state index >= 15 is 0 Å². The van der Waals surface area contributed by atoms with Gasteiger partial charge >= 0.3 is 0 Å². The molecule has 0 bridgehead atoms. The molecule has 0 saturated carbocycles. The number of likely N-dealkylation sites (N-methyl/N-ethyl adjacent to an activating group) is 2. The van der Waals surface area contributed by atoms with E-state index in [1.54, 1.807) is 4.90 Å². The van der Waals surface area contributed by atoms with Crippen molar-refractivity contribution in [1.82, 2.24) is 15.1 Å². The maximum atomic E-state index is 12.7. The molecule has 0 aromatic heterocycles. The summed E-state index contributed by atoms with van der Waals surface area (Å²) in [6.07, 6.45) is 3.13. The average molecular weight is 386 g/mol. The van der Waals surface area contributed by atoms with Crippen molar-refractivity contribution in [2.24, 2.45) is 0 Å². The summed E-state index contributed by atoms with van der Waals surface area (Å²) in [7, 11) is 3.96. The molecule has 7 nitrogen and oxygen atoms in total. The molecule has 0 spiro atoms. The van der Waals surface area contributed by atoms with Crippen LogP contribution < -0.4 is 15.1 Å². The number of benzene rings is 1. The first-order valence-electron chi connectivity index (χ1n) is 10.4. The second-order valence-corrected chi connectivity index (χ2v) is 8.21. The zero-order chi connectivity index (χ0) is 19.7. The number of anilines is 2. The van der Waals surface area contributed by atoms with Gasteiger partial charge in [0.2, 0.25) is 5.91 Å². The fourth-order valence-electron chi connectivity index (χ4n) is 4.50. The molecular weight excluding hydrogens is 354 g/mol. The number of piperidine rings is 1. The number of carbonyl (C=O) groups is 2. The summed E-state index contributed by atoms with van der Waals surface area (Å²) < 4.78 is 0. The molecule has 7 heteroatoms. The molecule has 3 aliphatic rings. The molecule has 152 valence electrons. The third-order valence-corrected chi connectivity index (χ3v) is 6.34. The number of nitrogens with zero attached hydrogens (tertiary/aromatic N) is 4. The predicted octanol–water partition coefficient (Wildman–Crippen LogP) is 0.999. The first kappa shape index (κ1) is 19.2. The van der Waals surface area contributed by atoms with Crippen molar-refractivity contribution in [2.45, 2.75) is 25.3 Å². The van der Waals surface area contributed by atoms with Crippen LogP contribution in [0.3, 0.4) is 0 Å². The van der Waals surface area contributed by atoms with Crippen LogP contribution in [-0.4, -0.2) is 87.6 Å². The van der Waals surface area contributed by atoms with Crippen LogP contribution in [-0.2, 0) is 4.79 Å². The SMILES string of the molecule is CN1CCN(CCNC(=O)c2ccc3c(c2)N(C)C(=O)C2CCCCN32)CC1. The van der Waals surface area contributed by atoms with Crippen LogP contribution in [0.25, 0.3) is 0 Å². The van der Waals surface area contributed by atoms with Gasteiger partial charge in [0.15, 0.2) is 0 Å². The third-order valence-electron chi connectivity index (χ3n) is 6.34. The molecule has 3 heterocycles. The van der Waals surface area contributed by atoms with Crippen LogP contribution >= 0.6 is 0 Å². The number of carbonyl (C=O) groups excluding carboxylic acids is 2. The molecule has 1 aromatic carbocycles. The van der Waals surface area contributed by atoms with Crippen LogP contribution in [0.15, 0.2) is 18.2 Å². The third kappa shape index (κ3) is 3.73. The van der Waals surface area contributed by atoms with Gasteiger partial charge in [0, 0.05) is 58.4 Å². The summed E-state index contributed by atoms with van der Waals surface area (Å²) in [5.74, 6) is 0.0679. The fourth-order valence-corrected chi connectivity index (χ4v) is 4.50. The number of rotatable bonds is 4. The Kier molecular flexibility index (Phi) is 5.55. The Labute approximate surface area is 167 Å². The summed E-state index contributed by atoms with van der Waals surface area (Å²) in [4.78, 5) is 34.0. The maximum Gasteiger partial charge on any atom is 0.251 e. The predicted molar refractivity (Wildman–Crippen MR) is 111 cm³/mol. The molecule has 1 atom stereocenters. The molecule has 0 radical (unpaired) electrons. The highest BCUT2D eigenvalue weighted by atomic mass is 16.2. The molecule has 2 fully saturated rings. The highest BCUT2D eigenvalue weighted by Crippen LogP contribution is 2.39. The van der Waals surface area contributed by atoms with E-state index in [2.05, 4.69) is 27.1 Å². The van der Waals surface area contributed by atoms with E-state index in [1.807, 2.05) is 25.2 Å². The minimum absolute atomic E-state index is 0.0467. The van der Waals surface area contributed by atoms with Gasteiger partial charge in [-0.1, -0.05) is 0 Å². The molecule has 2 amide bonds. The number of fused-ring (bicyclic) bond motifs is 3. The Balaban J connectivity index is 1.40. The molecule has 28 heavy (non-hydrogen) atoms. The van der Waals surface area contributed by atoms with E-state index in [4.69, 9.17) is 0 Å². The summed E-state index contributed by atoms with van der Waals surface area (Å²) in [6.45, 7) is 6.69. The summed E-state index contributed by atoms with van der Waals surface area (Å²) in [6, 6.07) is 5.71. The Morgan fingerprint density at radius 3 is 2.64 bits per heavy atom. The lowest BCUT2D eigenvalue weighted by Crippen LogP contribution is -2.54. The van der Waals surface area contributed by atoms with E-state index in [1.165, 1.54) is 0 Å². The smallest absolute Gasteiger partial charge is 0.251 e. The Hall–Kier alpha value is -2.12. The first-order valence-corrected chi connectivity index (χ1v) is 10.4. The van der Waals surface area contributed by atoms with Gasteiger partial charge in [0.1, 0.15) is 6.04 Å². The molecule has 1 aromatic rings. The van der Waals surface area contributed by atoms with E-state index in [0.717, 1.165) is 69.9 Å². The normalized spacial score (nSPS) is 23.4. The number of amides is 2. The van der Waals surface area contributed by atoms with Gasteiger partial charge in [-0.15, -0.1) is 0 Å². The summed E-state index contributed by atoms with van der Waals surface area (Å²) in [5, 5.41) is 3.04. The highest BCUT2D eigenvalue weighted by Gasteiger charge is 2.38. The topological polar surface area (TPSA) is 59.1 Å². The van der Waals surface area contributed by atoms with Crippen LogP contribution in [0.1, 0.15) is 29.6 Å². The van der Waals surface area contributed by atoms with Crippen LogP contribution in [0.5, 0.6) is 0 Å². The lowest BCUT2D eigenvalue weighted by Gasteiger charge is -2.44. The lowest BCUT2D eigenvalue weighted by atomic mass is 9.96. The Morgan fingerprint density at radius 2 is 1.86 bits per heavy atom. The number of piperazine rings is 1. The van der Waals surface area contributed by atoms with Crippen LogP contribution in [0, 0.1) is 0 Å². The van der Waals surface area contributed by atoms with Gasteiger partial charge in [-0.25, -0.2) is 0 Å². The fraction of sp³-hybridized carbons (Fsp3) is 0.619. The quantitative estimate of drug-likeness (QED) is 0.838. The second kappa shape index (κ2) is 8.09. The zero-order valence-corrected chi connectivity index (χ0v) is 17.0. The van der Waals surface area contributed by atoms with Crippen molar-refractivity contribution < 1.29 is 9.59 Å². The van der Waals surface area contributed by atoms with Gasteiger partial charge < -0.3 is 20.0 Å². The first-order chi connectivity index (χ1) is 13.5. The van der Waals surface area contributed by atoms with Crippen molar-refractivity contribution in [2.75, 3.05) is 69.7 Å². The standard InChI is InChI=1S/C21H31N5O2/c1-23-11-13-25(14-12-23)10-8-22-20(27)16-6-7-17-19(15-16)24(2)21(28)18-5-3-4-9-26(17)18/h6-7,15,18H,3-5,8-14H2,1-2H3,(H,22,27). The summed E-state index contributed by atoms with van der Waals surface area (Å²) >= 11 is 0. The van der Waals surface area contributed by atoms with E-state index in [9.17, 15) is 9.59 Å². The van der Waals surface area contributed by atoms with Gasteiger partial charge in [0.25, 0.3) is 5.91 Å². The molecule has 0 aliphatic carbocycles. The van der Waals surface area contributed by atoms with Crippen LogP contribution in [0.4, 0.5) is 11.4 Å². The number of hydrogen-bond acceptors (Lipinski definition) is 5. The molecular formula is C21H31N5O2. The van der Waals surface area contributed by atoms with Gasteiger partial charge in [-0.3, -0.25) is 14.5 Å². The Morgan fingerprint density at radius 1 is 1.07 bits per heavy atom.